The first-order chi connectivity index (χ1) is 8.67. The van der Waals surface area contributed by atoms with Gasteiger partial charge in [-0.3, -0.25) is 4.90 Å². The Morgan fingerprint density at radius 3 is 2.56 bits per heavy atom. The van der Waals surface area contributed by atoms with Crippen LogP contribution in [0.25, 0.3) is 0 Å². The van der Waals surface area contributed by atoms with E-state index < -0.39 is 0 Å². The van der Waals surface area contributed by atoms with Crippen molar-refractivity contribution in [1.82, 2.24) is 4.90 Å². The fourth-order valence-corrected chi connectivity index (χ4v) is 2.95. The maximum atomic E-state index is 9.71. The van der Waals surface area contributed by atoms with Crippen molar-refractivity contribution in [2.45, 2.75) is 45.6 Å². The largest absolute Gasteiger partial charge is 0.504 e. The molecule has 1 atom stereocenters. The second kappa shape index (κ2) is 5.61. The van der Waals surface area contributed by atoms with E-state index in [1.165, 1.54) is 11.1 Å². The number of aromatic hydroxyl groups is 2. The predicted molar refractivity (Wildman–Crippen MR) is 73.0 cm³/mol. The van der Waals surface area contributed by atoms with Crippen molar-refractivity contribution in [2.24, 2.45) is 0 Å². The van der Waals surface area contributed by atoms with Gasteiger partial charge in [0.25, 0.3) is 0 Å². The lowest BCUT2D eigenvalue weighted by atomic mass is 9.89. The number of rotatable bonds is 4. The third-order valence-corrected chi connectivity index (χ3v) is 3.78. The molecule has 0 spiro atoms. The van der Waals surface area contributed by atoms with E-state index >= 15 is 0 Å². The summed E-state index contributed by atoms with van der Waals surface area (Å²) in [6.45, 7) is 6.55. The van der Waals surface area contributed by atoms with Crippen molar-refractivity contribution >= 4 is 0 Å². The van der Waals surface area contributed by atoms with Crippen LogP contribution in [0.2, 0.25) is 0 Å². The fourth-order valence-electron chi connectivity index (χ4n) is 2.95. The van der Waals surface area contributed by atoms with Crippen LogP contribution in [0, 0.1) is 0 Å². The molecule has 1 aliphatic rings. The molecule has 1 aromatic rings. The monoisotopic (exact) mass is 249 g/mol. The molecule has 18 heavy (non-hydrogen) atoms. The minimum absolute atomic E-state index is 0.00735. The topological polar surface area (TPSA) is 43.7 Å². The Hall–Kier alpha value is -1.22. The van der Waals surface area contributed by atoms with E-state index in [1.807, 2.05) is 0 Å². The van der Waals surface area contributed by atoms with Gasteiger partial charge < -0.3 is 10.2 Å². The van der Waals surface area contributed by atoms with Crippen LogP contribution < -0.4 is 0 Å². The molecule has 1 aliphatic heterocycles. The molecule has 1 heterocycles. The van der Waals surface area contributed by atoms with Crippen LogP contribution in [-0.2, 0) is 6.42 Å². The highest BCUT2D eigenvalue weighted by Crippen LogP contribution is 2.38. The van der Waals surface area contributed by atoms with E-state index in [0.717, 1.165) is 38.8 Å². The summed E-state index contributed by atoms with van der Waals surface area (Å²) in [5.74, 6) is 0.0149. The van der Waals surface area contributed by atoms with Gasteiger partial charge >= 0.3 is 0 Å². The van der Waals surface area contributed by atoms with Crippen LogP contribution in [0.4, 0.5) is 0 Å². The number of phenols is 2. The van der Waals surface area contributed by atoms with Gasteiger partial charge in [0, 0.05) is 12.6 Å². The summed E-state index contributed by atoms with van der Waals surface area (Å²) in [6.07, 6.45) is 4.35. The van der Waals surface area contributed by atoms with Gasteiger partial charge in [-0.05, 0) is 49.1 Å². The normalized spacial score (nSPS) is 19.8. The molecule has 1 unspecified atom stereocenters. The van der Waals surface area contributed by atoms with Gasteiger partial charge in [0.1, 0.15) is 0 Å². The van der Waals surface area contributed by atoms with E-state index in [-0.39, 0.29) is 11.5 Å². The predicted octanol–water partition coefficient (Wildman–Crippen LogP) is 3.21. The number of hydrogen-bond donors (Lipinski definition) is 2. The second-order valence-electron chi connectivity index (χ2n) is 5.13. The molecule has 2 rings (SSSR count). The van der Waals surface area contributed by atoms with Gasteiger partial charge in [-0.1, -0.05) is 20.3 Å². The Morgan fingerprint density at radius 1 is 1.17 bits per heavy atom. The molecule has 100 valence electrons. The average molecular weight is 249 g/mol. The van der Waals surface area contributed by atoms with E-state index in [9.17, 15) is 10.2 Å². The van der Waals surface area contributed by atoms with E-state index in [1.54, 1.807) is 12.1 Å². The minimum atomic E-state index is 0.00735. The molecule has 1 aromatic carbocycles. The minimum Gasteiger partial charge on any atom is -0.504 e. The lowest BCUT2D eigenvalue weighted by Gasteiger charge is -2.37. The summed E-state index contributed by atoms with van der Waals surface area (Å²) in [6, 6.07) is 3.88. The SMILES string of the molecule is CCCC1c2cc(O)c(O)cc2CCN1CCC. The zero-order chi connectivity index (χ0) is 13.1. The Balaban J connectivity index is 2.35. The summed E-state index contributed by atoms with van der Waals surface area (Å²) in [7, 11) is 0. The third-order valence-electron chi connectivity index (χ3n) is 3.78. The van der Waals surface area contributed by atoms with Crippen LogP contribution in [0.15, 0.2) is 12.1 Å². The zero-order valence-corrected chi connectivity index (χ0v) is 11.3. The van der Waals surface area contributed by atoms with E-state index in [0.29, 0.717) is 6.04 Å². The first-order valence-corrected chi connectivity index (χ1v) is 6.96. The standard InChI is InChI=1S/C15H23NO2/c1-3-5-13-12-10-15(18)14(17)9-11(12)6-8-16(13)7-4-2/h9-10,13,17-18H,3-8H2,1-2H3. The van der Waals surface area contributed by atoms with Gasteiger partial charge in [0.15, 0.2) is 11.5 Å². The highest BCUT2D eigenvalue weighted by Gasteiger charge is 2.27. The highest BCUT2D eigenvalue weighted by molar-refractivity contribution is 5.47. The number of benzene rings is 1. The third kappa shape index (κ3) is 2.46. The molecule has 2 N–H and O–H groups in total. The Kier molecular flexibility index (Phi) is 4.12. The maximum Gasteiger partial charge on any atom is 0.157 e. The molecule has 0 bridgehead atoms. The lowest BCUT2D eigenvalue weighted by Crippen LogP contribution is -2.35. The first-order valence-electron chi connectivity index (χ1n) is 6.96. The van der Waals surface area contributed by atoms with Gasteiger partial charge in [-0.15, -0.1) is 0 Å². The molecule has 0 saturated carbocycles. The van der Waals surface area contributed by atoms with Crippen molar-refractivity contribution in [3.05, 3.63) is 23.3 Å². The molecule has 0 saturated heterocycles. The van der Waals surface area contributed by atoms with Crippen molar-refractivity contribution in [3.8, 4) is 11.5 Å². The van der Waals surface area contributed by atoms with Gasteiger partial charge in [0.05, 0.1) is 0 Å². The van der Waals surface area contributed by atoms with E-state index in [2.05, 4.69) is 18.7 Å². The van der Waals surface area contributed by atoms with Crippen molar-refractivity contribution in [1.29, 1.82) is 0 Å². The molecule has 0 aromatic heterocycles. The van der Waals surface area contributed by atoms with Crippen molar-refractivity contribution in [3.63, 3.8) is 0 Å². The van der Waals surface area contributed by atoms with Gasteiger partial charge in [-0.2, -0.15) is 0 Å². The zero-order valence-electron chi connectivity index (χ0n) is 11.3. The van der Waals surface area contributed by atoms with Gasteiger partial charge in [-0.25, -0.2) is 0 Å². The second-order valence-corrected chi connectivity index (χ2v) is 5.13. The molecular formula is C15H23NO2. The Labute approximate surface area is 109 Å². The summed E-state index contributed by atoms with van der Waals surface area (Å²) < 4.78 is 0. The molecule has 0 amide bonds. The van der Waals surface area contributed by atoms with Crippen LogP contribution in [-0.4, -0.2) is 28.2 Å². The number of nitrogens with zero attached hydrogens (tertiary/aromatic N) is 1. The smallest absolute Gasteiger partial charge is 0.157 e. The van der Waals surface area contributed by atoms with Crippen molar-refractivity contribution in [2.75, 3.05) is 13.1 Å². The van der Waals surface area contributed by atoms with Crippen LogP contribution >= 0.6 is 0 Å². The summed E-state index contributed by atoms with van der Waals surface area (Å²) in [5.41, 5.74) is 2.39. The van der Waals surface area contributed by atoms with Gasteiger partial charge in [0.2, 0.25) is 0 Å². The molecular weight excluding hydrogens is 226 g/mol. The van der Waals surface area contributed by atoms with Crippen LogP contribution in [0.1, 0.15) is 50.3 Å². The number of phenolic OH excluding ortho intramolecular Hbond substituents is 2. The molecule has 3 heteroatoms. The summed E-state index contributed by atoms with van der Waals surface area (Å²) in [5, 5.41) is 19.3. The van der Waals surface area contributed by atoms with Crippen molar-refractivity contribution < 1.29 is 10.2 Å². The molecule has 3 nitrogen and oxygen atoms in total. The van der Waals surface area contributed by atoms with Crippen LogP contribution in [0.3, 0.4) is 0 Å². The Morgan fingerprint density at radius 2 is 1.89 bits per heavy atom. The Bertz CT molecular complexity index is 417. The number of hydrogen-bond acceptors (Lipinski definition) is 3. The number of fused-ring (bicyclic) bond motifs is 1. The van der Waals surface area contributed by atoms with E-state index in [4.69, 9.17) is 0 Å². The fraction of sp³-hybridized carbons (Fsp3) is 0.600. The molecule has 0 fully saturated rings. The summed E-state index contributed by atoms with van der Waals surface area (Å²) >= 11 is 0. The van der Waals surface area contributed by atoms with Crippen LogP contribution in [0.5, 0.6) is 11.5 Å². The quantitative estimate of drug-likeness (QED) is 0.805. The average Bonchev–Trinajstić information content (AvgIpc) is 2.35. The lowest BCUT2D eigenvalue weighted by molar-refractivity contribution is 0.174. The summed E-state index contributed by atoms with van der Waals surface area (Å²) in [4.78, 5) is 2.50. The molecule has 0 radical (unpaired) electrons. The molecule has 0 aliphatic carbocycles. The first kappa shape index (κ1) is 13.2. The highest BCUT2D eigenvalue weighted by atomic mass is 16.3. The maximum absolute atomic E-state index is 9.71.